The largest absolute Gasteiger partial charge is 0.399 e. The Morgan fingerprint density at radius 3 is 2.72 bits per heavy atom. The first-order valence-corrected chi connectivity index (χ1v) is 6.65. The minimum atomic E-state index is -0.314. The molecule has 2 rings (SSSR count). The zero-order valence-electron chi connectivity index (χ0n) is 10.6. The van der Waals surface area contributed by atoms with Crippen molar-refractivity contribution in [2.24, 2.45) is 0 Å². The van der Waals surface area contributed by atoms with E-state index in [2.05, 4.69) is 5.32 Å². The fraction of sp³-hybridized carbons (Fsp3) is 0.571. The molecular formula is C14H21FN2O. The maximum Gasteiger partial charge on any atom is 0.127 e. The van der Waals surface area contributed by atoms with Gasteiger partial charge in [-0.1, -0.05) is 19.3 Å². The van der Waals surface area contributed by atoms with Crippen molar-refractivity contribution in [3.8, 4) is 0 Å². The third kappa shape index (κ3) is 4.18. The van der Waals surface area contributed by atoms with Gasteiger partial charge in [0.15, 0.2) is 0 Å². The molecule has 0 radical (unpaired) electrons. The van der Waals surface area contributed by atoms with Crippen LogP contribution in [-0.4, -0.2) is 19.3 Å². The molecule has 100 valence electrons. The number of benzene rings is 1. The standard InChI is InChI=1S/C14H21FN2O/c15-11-8-12(16)10-13(9-11)17-6-7-18-14-4-2-1-3-5-14/h8-10,14,17H,1-7,16H2. The summed E-state index contributed by atoms with van der Waals surface area (Å²) in [5.74, 6) is -0.314. The van der Waals surface area contributed by atoms with Crippen molar-refractivity contribution < 1.29 is 9.13 Å². The van der Waals surface area contributed by atoms with Crippen LogP contribution in [0, 0.1) is 5.82 Å². The molecule has 4 heteroatoms. The van der Waals surface area contributed by atoms with Crippen LogP contribution in [-0.2, 0) is 4.74 Å². The van der Waals surface area contributed by atoms with Crippen LogP contribution in [0.25, 0.3) is 0 Å². The van der Waals surface area contributed by atoms with Gasteiger partial charge in [-0.3, -0.25) is 0 Å². The topological polar surface area (TPSA) is 47.3 Å². The molecule has 18 heavy (non-hydrogen) atoms. The molecule has 1 aliphatic carbocycles. The van der Waals surface area contributed by atoms with Crippen molar-refractivity contribution in [1.29, 1.82) is 0 Å². The van der Waals surface area contributed by atoms with Gasteiger partial charge in [-0.05, 0) is 31.0 Å². The van der Waals surface area contributed by atoms with E-state index in [-0.39, 0.29) is 5.82 Å². The van der Waals surface area contributed by atoms with Crippen LogP contribution >= 0.6 is 0 Å². The summed E-state index contributed by atoms with van der Waals surface area (Å²) in [7, 11) is 0. The number of nitrogens with one attached hydrogen (secondary N) is 1. The van der Waals surface area contributed by atoms with Crippen LogP contribution < -0.4 is 11.1 Å². The molecule has 1 saturated carbocycles. The van der Waals surface area contributed by atoms with Crippen LogP contribution in [0.3, 0.4) is 0 Å². The van der Waals surface area contributed by atoms with E-state index in [1.807, 2.05) is 0 Å². The van der Waals surface area contributed by atoms with E-state index in [1.54, 1.807) is 6.07 Å². The Bertz CT molecular complexity index is 358. The molecule has 0 heterocycles. The highest BCUT2D eigenvalue weighted by Crippen LogP contribution is 2.20. The number of anilines is 2. The zero-order chi connectivity index (χ0) is 12.8. The maximum atomic E-state index is 13.1. The monoisotopic (exact) mass is 252 g/mol. The second kappa shape index (κ2) is 6.59. The van der Waals surface area contributed by atoms with Gasteiger partial charge in [0, 0.05) is 17.9 Å². The molecular weight excluding hydrogens is 231 g/mol. The Morgan fingerprint density at radius 2 is 2.00 bits per heavy atom. The molecule has 0 bridgehead atoms. The second-order valence-electron chi connectivity index (χ2n) is 4.83. The van der Waals surface area contributed by atoms with Gasteiger partial charge in [-0.2, -0.15) is 0 Å². The summed E-state index contributed by atoms with van der Waals surface area (Å²) in [6.45, 7) is 1.33. The number of ether oxygens (including phenoxy) is 1. The van der Waals surface area contributed by atoms with Crippen molar-refractivity contribution in [1.82, 2.24) is 0 Å². The van der Waals surface area contributed by atoms with Gasteiger partial charge in [0.2, 0.25) is 0 Å². The summed E-state index contributed by atoms with van der Waals surface area (Å²) >= 11 is 0. The lowest BCUT2D eigenvalue weighted by Crippen LogP contribution is -2.20. The van der Waals surface area contributed by atoms with E-state index < -0.39 is 0 Å². The number of hydrogen-bond acceptors (Lipinski definition) is 3. The van der Waals surface area contributed by atoms with Crippen molar-refractivity contribution in [3.05, 3.63) is 24.0 Å². The molecule has 1 aliphatic rings. The van der Waals surface area contributed by atoms with Gasteiger partial charge in [-0.15, -0.1) is 0 Å². The summed E-state index contributed by atoms with van der Waals surface area (Å²) < 4.78 is 18.9. The number of halogens is 1. The minimum Gasteiger partial charge on any atom is -0.399 e. The molecule has 3 nitrogen and oxygen atoms in total. The van der Waals surface area contributed by atoms with E-state index in [0.717, 1.165) is 0 Å². The second-order valence-corrected chi connectivity index (χ2v) is 4.83. The summed E-state index contributed by atoms with van der Waals surface area (Å²) in [5.41, 5.74) is 6.71. The molecule has 3 N–H and O–H groups in total. The lowest BCUT2D eigenvalue weighted by Gasteiger charge is -2.22. The molecule has 0 atom stereocenters. The lowest BCUT2D eigenvalue weighted by molar-refractivity contribution is 0.0347. The zero-order valence-corrected chi connectivity index (χ0v) is 10.6. The number of rotatable bonds is 5. The predicted octanol–water partition coefficient (Wildman–Crippen LogP) is 3.17. The van der Waals surface area contributed by atoms with E-state index in [1.165, 1.54) is 44.2 Å². The molecule has 1 aromatic rings. The Kier molecular flexibility index (Phi) is 4.81. The number of hydrogen-bond donors (Lipinski definition) is 2. The Morgan fingerprint density at radius 1 is 1.22 bits per heavy atom. The summed E-state index contributed by atoms with van der Waals surface area (Å²) in [6.07, 6.45) is 6.65. The summed E-state index contributed by atoms with van der Waals surface area (Å²) in [4.78, 5) is 0. The van der Waals surface area contributed by atoms with Gasteiger partial charge in [0.05, 0.1) is 12.7 Å². The van der Waals surface area contributed by atoms with Gasteiger partial charge < -0.3 is 15.8 Å². The van der Waals surface area contributed by atoms with E-state index in [4.69, 9.17) is 10.5 Å². The van der Waals surface area contributed by atoms with Crippen LogP contribution in [0.15, 0.2) is 18.2 Å². The molecule has 0 saturated heterocycles. The van der Waals surface area contributed by atoms with Gasteiger partial charge in [0.25, 0.3) is 0 Å². The smallest absolute Gasteiger partial charge is 0.127 e. The van der Waals surface area contributed by atoms with Crippen LogP contribution in [0.1, 0.15) is 32.1 Å². The van der Waals surface area contributed by atoms with E-state index in [9.17, 15) is 4.39 Å². The average Bonchev–Trinajstić information content (AvgIpc) is 2.35. The molecule has 0 spiro atoms. The van der Waals surface area contributed by atoms with E-state index >= 15 is 0 Å². The first-order chi connectivity index (χ1) is 8.74. The Balaban J connectivity index is 1.68. The highest BCUT2D eigenvalue weighted by molar-refractivity contribution is 5.54. The van der Waals surface area contributed by atoms with E-state index in [0.29, 0.717) is 30.6 Å². The maximum absolute atomic E-state index is 13.1. The Labute approximate surface area is 108 Å². The third-order valence-corrected chi connectivity index (χ3v) is 3.26. The molecule has 0 aliphatic heterocycles. The summed E-state index contributed by atoms with van der Waals surface area (Å²) in [5, 5.41) is 3.12. The molecule has 1 aromatic carbocycles. The fourth-order valence-corrected chi connectivity index (χ4v) is 2.37. The molecule has 1 fully saturated rings. The van der Waals surface area contributed by atoms with Crippen LogP contribution in [0.5, 0.6) is 0 Å². The van der Waals surface area contributed by atoms with Crippen molar-refractivity contribution in [2.75, 3.05) is 24.2 Å². The van der Waals surface area contributed by atoms with Gasteiger partial charge >= 0.3 is 0 Å². The van der Waals surface area contributed by atoms with Crippen molar-refractivity contribution >= 4 is 11.4 Å². The number of nitrogens with two attached hydrogens (primary N) is 1. The average molecular weight is 252 g/mol. The van der Waals surface area contributed by atoms with Gasteiger partial charge in [0.1, 0.15) is 5.82 Å². The highest BCUT2D eigenvalue weighted by Gasteiger charge is 2.12. The van der Waals surface area contributed by atoms with Crippen LogP contribution in [0.2, 0.25) is 0 Å². The lowest BCUT2D eigenvalue weighted by atomic mass is 9.98. The van der Waals surface area contributed by atoms with Crippen molar-refractivity contribution in [3.63, 3.8) is 0 Å². The first kappa shape index (κ1) is 13.1. The SMILES string of the molecule is Nc1cc(F)cc(NCCOC2CCCCC2)c1. The normalized spacial score (nSPS) is 16.7. The van der Waals surface area contributed by atoms with Gasteiger partial charge in [-0.25, -0.2) is 4.39 Å². The fourth-order valence-electron chi connectivity index (χ4n) is 2.37. The van der Waals surface area contributed by atoms with Crippen molar-refractivity contribution in [2.45, 2.75) is 38.2 Å². The Hall–Kier alpha value is -1.29. The summed E-state index contributed by atoms with van der Waals surface area (Å²) in [6, 6.07) is 4.48. The van der Waals surface area contributed by atoms with Crippen LogP contribution in [0.4, 0.5) is 15.8 Å². The minimum absolute atomic E-state index is 0.314. The molecule has 0 aromatic heterocycles. The quantitative estimate of drug-likeness (QED) is 0.625. The highest BCUT2D eigenvalue weighted by atomic mass is 19.1. The first-order valence-electron chi connectivity index (χ1n) is 6.65. The molecule has 0 amide bonds. The predicted molar refractivity (Wildman–Crippen MR) is 72.1 cm³/mol. The third-order valence-electron chi connectivity index (χ3n) is 3.26. The molecule has 0 unspecified atom stereocenters. The number of nitrogen functional groups attached to an aromatic ring is 1.